The van der Waals surface area contributed by atoms with Crippen LogP contribution in [0.15, 0.2) is 42.5 Å². The maximum atomic E-state index is 13.8. The number of fused-ring (bicyclic) bond motifs is 1. The lowest BCUT2D eigenvalue weighted by Gasteiger charge is -2.15. The molecule has 0 aromatic heterocycles. The van der Waals surface area contributed by atoms with Crippen molar-refractivity contribution in [2.24, 2.45) is 0 Å². The summed E-state index contributed by atoms with van der Waals surface area (Å²) in [6.07, 6.45) is 0.587. The van der Waals surface area contributed by atoms with Crippen LogP contribution in [0.4, 0.5) is 10.1 Å². The van der Waals surface area contributed by atoms with Crippen molar-refractivity contribution in [1.82, 2.24) is 0 Å². The monoisotopic (exact) mass is 287 g/mol. The van der Waals surface area contributed by atoms with Crippen molar-refractivity contribution in [2.75, 3.05) is 11.9 Å². The van der Waals surface area contributed by atoms with E-state index in [1.54, 1.807) is 0 Å². The molecule has 1 atom stereocenters. The van der Waals surface area contributed by atoms with Gasteiger partial charge in [0.15, 0.2) is 0 Å². The van der Waals surface area contributed by atoms with E-state index in [2.05, 4.69) is 5.32 Å². The molecule has 0 radical (unpaired) electrons. The first-order valence-corrected chi connectivity index (χ1v) is 6.65. The van der Waals surface area contributed by atoms with Crippen molar-refractivity contribution in [3.05, 3.63) is 59.4 Å². The molecule has 0 fully saturated rings. The van der Waals surface area contributed by atoms with Gasteiger partial charge in [-0.3, -0.25) is 0 Å². The van der Waals surface area contributed by atoms with Crippen molar-refractivity contribution >= 4 is 11.7 Å². The summed E-state index contributed by atoms with van der Waals surface area (Å²) in [6, 6.07) is 11.7. The number of aromatic carboxylic acids is 1. The minimum Gasteiger partial charge on any atom is -0.488 e. The number of hydrogen-bond acceptors (Lipinski definition) is 3. The molecule has 3 rings (SSSR count). The normalized spacial score (nSPS) is 16.1. The van der Waals surface area contributed by atoms with E-state index in [0.29, 0.717) is 6.54 Å². The highest BCUT2D eigenvalue weighted by molar-refractivity contribution is 5.94. The summed E-state index contributed by atoms with van der Waals surface area (Å²) in [5.74, 6) is -0.908. The average Bonchev–Trinajstić information content (AvgIpc) is 2.88. The summed E-state index contributed by atoms with van der Waals surface area (Å²) in [4.78, 5) is 11.1. The zero-order valence-electron chi connectivity index (χ0n) is 11.2. The molecule has 0 aliphatic carbocycles. The van der Waals surface area contributed by atoms with Gasteiger partial charge in [0.1, 0.15) is 17.7 Å². The standard InChI is InChI=1S/C16H14FNO3/c17-13-6-3-5-12(16(19)20)15(13)18-9-11-8-10-4-1-2-7-14(10)21-11/h1-7,11,18H,8-9H2,(H,19,20). The summed E-state index contributed by atoms with van der Waals surface area (Å²) in [7, 11) is 0. The van der Waals surface area contributed by atoms with Gasteiger partial charge in [-0.25, -0.2) is 9.18 Å². The smallest absolute Gasteiger partial charge is 0.337 e. The highest BCUT2D eigenvalue weighted by Crippen LogP contribution is 2.28. The Labute approximate surface area is 121 Å². The topological polar surface area (TPSA) is 58.6 Å². The van der Waals surface area contributed by atoms with Crippen molar-refractivity contribution in [3.8, 4) is 5.75 Å². The van der Waals surface area contributed by atoms with Gasteiger partial charge in [0.2, 0.25) is 0 Å². The fourth-order valence-electron chi connectivity index (χ4n) is 2.47. The number of nitrogens with one attached hydrogen (secondary N) is 1. The Kier molecular flexibility index (Phi) is 3.48. The summed E-state index contributed by atoms with van der Waals surface area (Å²) in [5, 5.41) is 11.9. The number of rotatable bonds is 4. The molecule has 21 heavy (non-hydrogen) atoms. The number of carbonyl (C=O) groups is 1. The first-order chi connectivity index (χ1) is 10.1. The van der Waals surface area contributed by atoms with E-state index < -0.39 is 11.8 Å². The number of hydrogen-bond donors (Lipinski definition) is 2. The maximum Gasteiger partial charge on any atom is 0.337 e. The molecule has 1 aliphatic heterocycles. The van der Waals surface area contributed by atoms with Crippen LogP contribution >= 0.6 is 0 Å². The van der Waals surface area contributed by atoms with Crippen LogP contribution < -0.4 is 10.1 Å². The molecule has 2 N–H and O–H groups in total. The zero-order valence-corrected chi connectivity index (χ0v) is 11.2. The summed E-state index contributed by atoms with van der Waals surface area (Å²) in [5.41, 5.74) is 1.03. The average molecular weight is 287 g/mol. The Morgan fingerprint density at radius 2 is 2.10 bits per heavy atom. The molecule has 1 aliphatic rings. The fraction of sp³-hybridized carbons (Fsp3) is 0.188. The summed E-state index contributed by atoms with van der Waals surface area (Å²) >= 11 is 0. The second-order valence-corrected chi connectivity index (χ2v) is 4.90. The highest BCUT2D eigenvalue weighted by Gasteiger charge is 2.23. The Morgan fingerprint density at radius 3 is 2.86 bits per heavy atom. The number of carboxylic acids is 1. The predicted molar refractivity (Wildman–Crippen MR) is 76.4 cm³/mol. The third-order valence-corrected chi connectivity index (χ3v) is 3.46. The number of benzene rings is 2. The minimum absolute atomic E-state index is 0.00422. The number of halogens is 1. The van der Waals surface area contributed by atoms with Crippen LogP contribution in [0.1, 0.15) is 15.9 Å². The molecular formula is C16H14FNO3. The van der Waals surface area contributed by atoms with Gasteiger partial charge < -0.3 is 15.2 Å². The first kappa shape index (κ1) is 13.4. The lowest BCUT2D eigenvalue weighted by molar-refractivity contribution is 0.0697. The molecule has 5 heteroatoms. The molecule has 0 saturated carbocycles. The van der Waals surface area contributed by atoms with E-state index in [0.717, 1.165) is 17.7 Å². The number of anilines is 1. The highest BCUT2D eigenvalue weighted by atomic mass is 19.1. The first-order valence-electron chi connectivity index (χ1n) is 6.65. The zero-order chi connectivity index (χ0) is 14.8. The van der Waals surface area contributed by atoms with Crippen LogP contribution in [0, 0.1) is 5.82 Å². The molecule has 1 unspecified atom stereocenters. The van der Waals surface area contributed by atoms with Gasteiger partial charge in [-0.15, -0.1) is 0 Å². The molecular weight excluding hydrogens is 273 g/mol. The van der Waals surface area contributed by atoms with E-state index in [4.69, 9.17) is 9.84 Å². The molecule has 0 bridgehead atoms. The van der Waals surface area contributed by atoms with E-state index >= 15 is 0 Å². The van der Waals surface area contributed by atoms with Gasteiger partial charge in [0.25, 0.3) is 0 Å². The Bertz CT molecular complexity index is 662. The van der Waals surface area contributed by atoms with Crippen LogP contribution in [0.3, 0.4) is 0 Å². The van der Waals surface area contributed by atoms with E-state index in [1.807, 2.05) is 24.3 Å². The number of para-hydroxylation sites is 2. The molecule has 1 heterocycles. The number of carboxylic acid groups (broad SMARTS) is 1. The summed E-state index contributed by atoms with van der Waals surface area (Å²) in [6.45, 7) is 0.343. The van der Waals surface area contributed by atoms with E-state index in [1.165, 1.54) is 18.2 Å². The van der Waals surface area contributed by atoms with Crippen LogP contribution in [-0.2, 0) is 6.42 Å². The van der Waals surface area contributed by atoms with Gasteiger partial charge in [0, 0.05) is 6.42 Å². The third-order valence-electron chi connectivity index (χ3n) is 3.46. The molecule has 108 valence electrons. The molecule has 2 aromatic rings. The van der Waals surface area contributed by atoms with Gasteiger partial charge in [-0.05, 0) is 23.8 Å². The lowest BCUT2D eigenvalue weighted by atomic mass is 10.1. The van der Waals surface area contributed by atoms with Crippen molar-refractivity contribution < 1.29 is 19.0 Å². The third kappa shape index (κ3) is 2.67. The Morgan fingerprint density at radius 1 is 1.29 bits per heavy atom. The van der Waals surface area contributed by atoms with Crippen molar-refractivity contribution in [2.45, 2.75) is 12.5 Å². The molecule has 0 amide bonds. The molecule has 2 aromatic carbocycles. The minimum atomic E-state index is -1.16. The van der Waals surface area contributed by atoms with Crippen molar-refractivity contribution in [1.29, 1.82) is 0 Å². The SMILES string of the molecule is O=C(O)c1cccc(F)c1NCC1Cc2ccccc2O1. The quantitative estimate of drug-likeness (QED) is 0.907. The summed E-state index contributed by atoms with van der Waals surface area (Å²) < 4.78 is 19.5. The van der Waals surface area contributed by atoms with Crippen LogP contribution in [0.25, 0.3) is 0 Å². The maximum absolute atomic E-state index is 13.8. The Hall–Kier alpha value is -2.56. The molecule has 4 nitrogen and oxygen atoms in total. The van der Waals surface area contributed by atoms with Crippen LogP contribution in [0.2, 0.25) is 0 Å². The second kappa shape index (κ2) is 5.44. The van der Waals surface area contributed by atoms with Gasteiger partial charge in [0.05, 0.1) is 17.8 Å². The van der Waals surface area contributed by atoms with Gasteiger partial charge in [-0.2, -0.15) is 0 Å². The van der Waals surface area contributed by atoms with Gasteiger partial charge in [-0.1, -0.05) is 24.3 Å². The van der Waals surface area contributed by atoms with E-state index in [-0.39, 0.29) is 17.4 Å². The predicted octanol–water partition coefficient (Wildman–Crippen LogP) is 2.94. The van der Waals surface area contributed by atoms with Gasteiger partial charge >= 0.3 is 5.97 Å². The fourth-order valence-corrected chi connectivity index (χ4v) is 2.47. The Balaban J connectivity index is 1.71. The van der Waals surface area contributed by atoms with Crippen molar-refractivity contribution in [3.63, 3.8) is 0 Å². The van der Waals surface area contributed by atoms with E-state index in [9.17, 15) is 9.18 Å². The lowest BCUT2D eigenvalue weighted by Crippen LogP contribution is -2.25. The molecule has 0 spiro atoms. The number of ether oxygens (including phenoxy) is 1. The largest absolute Gasteiger partial charge is 0.488 e. The molecule has 0 saturated heterocycles. The van der Waals surface area contributed by atoms with Crippen LogP contribution in [-0.4, -0.2) is 23.7 Å². The van der Waals surface area contributed by atoms with Crippen LogP contribution in [0.5, 0.6) is 5.75 Å². The second-order valence-electron chi connectivity index (χ2n) is 4.90.